The topological polar surface area (TPSA) is 0 Å². The monoisotopic (exact) mass is 258 g/mol. The van der Waals surface area contributed by atoms with Crippen LogP contribution in [-0.2, 0) is 0 Å². The number of alkyl halides is 1. The molecule has 0 amide bonds. The zero-order valence-corrected chi connectivity index (χ0v) is 10.4. The molecule has 0 fully saturated rings. The maximum absolute atomic E-state index is 13.2. The van der Waals surface area contributed by atoms with Gasteiger partial charge in [0.1, 0.15) is 5.82 Å². The molecular formula is C13H13Cl2F. The highest BCUT2D eigenvalue weighted by molar-refractivity contribution is 6.32. The first-order valence-electron chi connectivity index (χ1n) is 5.47. The lowest BCUT2D eigenvalue weighted by atomic mass is 10.0. The quantitative estimate of drug-likeness (QED) is 0.619. The van der Waals surface area contributed by atoms with E-state index in [-0.39, 0.29) is 11.2 Å². The largest absolute Gasteiger partial charge is 0.207 e. The average Bonchev–Trinajstić information content (AvgIpc) is 2.46. The molecule has 0 saturated carbocycles. The normalized spacial score (nSPS) is 21.4. The summed E-state index contributed by atoms with van der Waals surface area (Å²) < 4.78 is 13.2. The molecule has 3 heteroatoms. The lowest BCUT2D eigenvalue weighted by molar-refractivity contribution is 0.627. The minimum atomic E-state index is -0.254. The number of benzene rings is 1. The molecule has 2 rings (SSSR count). The van der Waals surface area contributed by atoms with E-state index in [1.807, 2.05) is 6.08 Å². The molecule has 0 saturated heterocycles. The van der Waals surface area contributed by atoms with Crippen molar-refractivity contribution in [3.05, 3.63) is 40.7 Å². The smallest absolute Gasteiger partial charge is 0.123 e. The van der Waals surface area contributed by atoms with E-state index in [9.17, 15) is 4.39 Å². The molecule has 0 aliphatic heterocycles. The zero-order valence-electron chi connectivity index (χ0n) is 8.85. The van der Waals surface area contributed by atoms with E-state index in [4.69, 9.17) is 23.2 Å². The van der Waals surface area contributed by atoms with Crippen LogP contribution in [0.25, 0.3) is 5.57 Å². The van der Waals surface area contributed by atoms with Gasteiger partial charge in [-0.1, -0.05) is 24.1 Å². The van der Waals surface area contributed by atoms with Crippen LogP contribution in [0, 0.1) is 5.82 Å². The van der Waals surface area contributed by atoms with Crippen LogP contribution in [0.4, 0.5) is 4.39 Å². The van der Waals surface area contributed by atoms with Gasteiger partial charge in [-0.05, 0) is 48.6 Å². The molecule has 0 bridgehead atoms. The highest BCUT2D eigenvalue weighted by atomic mass is 35.5. The van der Waals surface area contributed by atoms with Crippen LogP contribution in [0.1, 0.15) is 31.2 Å². The number of allylic oxidation sites excluding steroid dienone is 2. The number of hydrogen-bond donors (Lipinski definition) is 0. The number of rotatable bonds is 1. The second-order valence-electron chi connectivity index (χ2n) is 4.08. The predicted molar refractivity (Wildman–Crippen MR) is 67.5 cm³/mol. The molecule has 0 nitrogen and oxygen atoms in total. The second kappa shape index (κ2) is 5.20. The maximum atomic E-state index is 13.2. The van der Waals surface area contributed by atoms with E-state index in [1.165, 1.54) is 12.1 Å². The summed E-state index contributed by atoms with van der Waals surface area (Å²) in [6.45, 7) is 0. The van der Waals surface area contributed by atoms with Gasteiger partial charge in [0, 0.05) is 5.02 Å². The van der Waals surface area contributed by atoms with Gasteiger partial charge in [0.15, 0.2) is 0 Å². The summed E-state index contributed by atoms with van der Waals surface area (Å²) >= 11 is 12.2. The van der Waals surface area contributed by atoms with E-state index in [0.717, 1.165) is 36.8 Å². The van der Waals surface area contributed by atoms with Crippen LogP contribution in [-0.4, -0.2) is 5.38 Å². The van der Waals surface area contributed by atoms with Crippen molar-refractivity contribution >= 4 is 28.8 Å². The van der Waals surface area contributed by atoms with Crippen molar-refractivity contribution in [1.82, 2.24) is 0 Å². The van der Waals surface area contributed by atoms with Crippen LogP contribution in [0.3, 0.4) is 0 Å². The van der Waals surface area contributed by atoms with E-state index in [1.54, 1.807) is 6.07 Å². The Morgan fingerprint density at radius 2 is 2.06 bits per heavy atom. The zero-order chi connectivity index (χ0) is 11.5. The Kier molecular flexibility index (Phi) is 3.88. The van der Waals surface area contributed by atoms with E-state index in [0.29, 0.717) is 5.02 Å². The SMILES string of the molecule is Fc1ccc(Cl)c(C2=CC(Cl)CCCC2)c1. The van der Waals surface area contributed by atoms with Gasteiger partial charge < -0.3 is 0 Å². The van der Waals surface area contributed by atoms with Gasteiger partial charge in [0.2, 0.25) is 0 Å². The van der Waals surface area contributed by atoms with E-state index in [2.05, 4.69) is 0 Å². The van der Waals surface area contributed by atoms with Gasteiger partial charge in [-0.25, -0.2) is 4.39 Å². The molecule has 1 atom stereocenters. The molecule has 1 aliphatic carbocycles. The summed E-state index contributed by atoms with van der Waals surface area (Å²) in [4.78, 5) is 0. The third-order valence-electron chi connectivity index (χ3n) is 2.83. The Labute approximate surface area is 105 Å². The Balaban J connectivity index is 2.38. The molecule has 0 heterocycles. The molecule has 1 aliphatic rings. The third-order valence-corrected chi connectivity index (χ3v) is 3.51. The van der Waals surface area contributed by atoms with Crippen molar-refractivity contribution < 1.29 is 4.39 Å². The fourth-order valence-corrected chi connectivity index (χ4v) is 2.55. The lowest BCUT2D eigenvalue weighted by Gasteiger charge is -2.08. The first-order chi connectivity index (χ1) is 7.66. The van der Waals surface area contributed by atoms with Crippen molar-refractivity contribution in [1.29, 1.82) is 0 Å². The van der Waals surface area contributed by atoms with Gasteiger partial charge in [-0.15, -0.1) is 11.6 Å². The van der Waals surface area contributed by atoms with Gasteiger partial charge in [0.25, 0.3) is 0 Å². The number of hydrogen-bond acceptors (Lipinski definition) is 0. The van der Waals surface area contributed by atoms with Crippen LogP contribution >= 0.6 is 23.2 Å². The third kappa shape index (κ3) is 2.78. The summed E-state index contributed by atoms with van der Waals surface area (Å²) in [5.74, 6) is -0.254. The minimum absolute atomic E-state index is 0.0387. The van der Waals surface area contributed by atoms with Gasteiger partial charge in [-0.2, -0.15) is 0 Å². The van der Waals surface area contributed by atoms with Crippen LogP contribution in [0.2, 0.25) is 5.02 Å². The molecule has 0 aromatic heterocycles. The molecule has 0 N–H and O–H groups in total. The molecule has 86 valence electrons. The summed E-state index contributed by atoms with van der Waals surface area (Å²) in [5.41, 5.74) is 1.86. The summed E-state index contributed by atoms with van der Waals surface area (Å²) in [5, 5.41) is 0.634. The van der Waals surface area contributed by atoms with Crippen molar-refractivity contribution in [3.63, 3.8) is 0 Å². The molecular weight excluding hydrogens is 246 g/mol. The van der Waals surface area contributed by atoms with Gasteiger partial charge in [-0.3, -0.25) is 0 Å². The summed E-state index contributed by atoms with van der Waals surface area (Å²) in [6, 6.07) is 4.46. The molecule has 1 aromatic rings. The minimum Gasteiger partial charge on any atom is -0.207 e. The fourth-order valence-electron chi connectivity index (χ4n) is 2.01. The Hall–Kier alpha value is -0.530. The van der Waals surface area contributed by atoms with Crippen LogP contribution in [0.5, 0.6) is 0 Å². The molecule has 1 aromatic carbocycles. The first-order valence-corrected chi connectivity index (χ1v) is 6.28. The average molecular weight is 259 g/mol. The standard InChI is InChI=1S/C13H13Cl2F/c14-10-4-2-1-3-9(7-10)12-8-11(16)5-6-13(12)15/h5-8,10H,1-4H2. The Bertz CT molecular complexity index is 412. The van der Waals surface area contributed by atoms with Crippen molar-refractivity contribution in [2.45, 2.75) is 31.1 Å². The van der Waals surface area contributed by atoms with Gasteiger partial charge >= 0.3 is 0 Å². The Morgan fingerprint density at radius 1 is 1.25 bits per heavy atom. The molecule has 1 unspecified atom stereocenters. The lowest BCUT2D eigenvalue weighted by Crippen LogP contribution is -1.92. The van der Waals surface area contributed by atoms with Crippen LogP contribution in [0.15, 0.2) is 24.3 Å². The van der Waals surface area contributed by atoms with E-state index >= 15 is 0 Å². The number of halogens is 3. The summed E-state index contributed by atoms with van der Waals surface area (Å²) in [6.07, 6.45) is 6.11. The highest BCUT2D eigenvalue weighted by Gasteiger charge is 2.13. The van der Waals surface area contributed by atoms with Crippen molar-refractivity contribution in [2.75, 3.05) is 0 Å². The second-order valence-corrected chi connectivity index (χ2v) is 5.05. The van der Waals surface area contributed by atoms with Gasteiger partial charge in [0.05, 0.1) is 5.38 Å². The van der Waals surface area contributed by atoms with Crippen molar-refractivity contribution in [2.24, 2.45) is 0 Å². The molecule has 0 radical (unpaired) electrons. The maximum Gasteiger partial charge on any atom is 0.123 e. The molecule has 16 heavy (non-hydrogen) atoms. The first kappa shape index (κ1) is 11.9. The summed E-state index contributed by atoms with van der Waals surface area (Å²) in [7, 11) is 0. The Morgan fingerprint density at radius 3 is 2.88 bits per heavy atom. The highest BCUT2D eigenvalue weighted by Crippen LogP contribution is 2.32. The molecule has 0 spiro atoms. The van der Waals surface area contributed by atoms with Crippen LogP contribution < -0.4 is 0 Å². The fraction of sp³-hybridized carbons (Fsp3) is 0.385. The predicted octanol–water partition coefficient (Wildman–Crippen LogP) is 5.04. The van der Waals surface area contributed by atoms with Crippen molar-refractivity contribution in [3.8, 4) is 0 Å². The van der Waals surface area contributed by atoms with E-state index < -0.39 is 0 Å².